The highest BCUT2D eigenvalue weighted by atomic mass is 32.1. The molecule has 1 aliphatic rings. The Hall–Kier alpha value is -1.55. The Kier molecular flexibility index (Phi) is 3.92. The van der Waals surface area contributed by atoms with Gasteiger partial charge in [-0.3, -0.25) is 4.98 Å². The van der Waals surface area contributed by atoms with E-state index in [9.17, 15) is 0 Å². The highest BCUT2D eigenvalue weighted by Gasteiger charge is 2.19. The summed E-state index contributed by atoms with van der Waals surface area (Å²) >= 11 is 5.34. The largest absolute Gasteiger partial charge is 0.342 e. The molecule has 0 aromatic carbocycles. The molecule has 0 amide bonds. The molecule has 0 bridgehead atoms. The number of aryl methyl sites for hydroxylation is 1. The summed E-state index contributed by atoms with van der Waals surface area (Å²) in [4.78, 5) is 12.4. The fourth-order valence-electron chi connectivity index (χ4n) is 2.98. The van der Waals surface area contributed by atoms with Crippen LogP contribution in [0.3, 0.4) is 0 Å². The van der Waals surface area contributed by atoms with Gasteiger partial charge in [0.15, 0.2) is 5.82 Å². The summed E-state index contributed by atoms with van der Waals surface area (Å²) < 4.78 is 0.661. The highest BCUT2D eigenvalue weighted by Crippen LogP contribution is 2.33. The summed E-state index contributed by atoms with van der Waals surface area (Å²) in [7, 11) is 0. The van der Waals surface area contributed by atoms with E-state index in [0.29, 0.717) is 10.6 Å². The van der Waals surface area contributed by atoms with Gasteiger partial charge in [0.25, 0.3) is 0 Å². The average molecular weight is 285 g/mol. The van der Waals surface area contributed by atoms with Crippen LogP contribution in [0, 0.1) is 4.64 Å². The van der Waals surface area contributed by atoms with Crippen molar-refractivity contribution < 1.29 is 0 Å². The number of nitrogens with zero attached hydrogens (tertiary/aromatic N) is 2. The van der Waals surface area contributed by atoms with Crippen molar-refractivity contribution >= 4 is 12.2 Å². The second-order valence-electron chi connectivity index (χ2n) is 5.37. The first kappa shape index (κ1) is 13.4. The minimum Gasteiger partial charge on any atom is -0.342 e. The van der Waals surface area contributed by atoms with Crippen LogP contribution < -0.4 is 0 Å². The van der Waals surface area contributed by atoms with E-state index in [0.717, 1.165) is 17.9 Å². The van der Waals surface area contributed by atoms with E-state index >= 15 is 0 Å². The zero-order chi connectivity index (χ0) is 13.9. The fourth-order valence-corrected chi connectivity index (χ4v) is 3.20. The molecule has 3 nitrogen and oxygen atoms in total. The average Bonchev–Trinajstić information content (AvgIpc) is 3.01. The quantitative estimate of drug-likeness (QED) is 0.849. The van der Waals surface area contributed by atoms with Crippen LogP contribution in [0.1, 0.15) is 49.8 Å². The van der Waals surface area contributed by atoms with Gasteiger partial charge in [-0.15, -0.1) is 0 Å². The SMILES string of the molecule is CCc1cccnc1-c1nc(=S)cc(C2CCCC2)[nH]1. The Morgan fingerprint density at radius 1 is 1.35 bits per heavy atom. The lowest BCUT2D eigenvalue weighted by molar-refractivity contribution is 0.694. The molecule has 2 aromatic heterocycles. The molecule has 0 spiro atoms. The number of pyridine rings is 1. The minimum atomic E-state index is 0.604. The standard InChI is InChI=1S/C16H19N3S/c1-2-11-8-5-9-17-15(11)16-18-13(10-14(20)19-16)12-6-3-4-7-12/h5,8-10,12H,2-4,6-7H2,1H3,(H,18,19,20). The topological polar surface area (TPSA) is 41.6 Å². The summed E-state index contributed by atoms with van der Waals surface area (Å²) in [6, 6.07) is 6.09. The van der Waals surface area contributed by atoms with Crippen LogP contribution in [0.4, 0.5) is 0 Å². The van der Waals surface area contributed by atoms with E-state index in [4.69, 9.17) is 12.2 Å². The lowest BCUT2D eigenvalue weighted by Gasteiger charge is -2.12. The Morgan fingerprint density at radius 2 is 2.15 bits per heavy atom. The van der Waals surface area contributed by atoms with Crippen molar-refractivity contribution in [1.82, 2.24) is 15.0 Å². The van der Waals surface area contributed by atoms with Gasteiger partial charge in [-0.2, -0.15) is 0 Å². The monoisotopic (exact) mass is 285 g/mol. The van der Waals surface area contributed by atoms with Crippen LogP contribution in [-0.4, -0.2) is 15.0 Å². The maximum atomic E-state index is 5.34. The zero-order valence-electron chi connectivity index (χ0n) is 11.7. The first-order chi connectivity index (χ1) is 9.78. The molecular formula is C16H19N3S. The molecule has 0 atom stereocenters. The lowest BCUT2D eigenvalue weighted by atomic mass is 10.0. The fraction of sp³-hybridized carbons (Fsp3) is 0.438. The van der Waals surface area contributed by atoms with Gasteiger partial charge in [-0.05, 0) is 42.9 Å². The Balaban J connectivity index is 2.07. The Labute approximate surface area is 124 Å². The molecule has 0 radical (unpaired) electrons. The molecule has 4 heteroatoms. The summed E-state index contributed by atoms with van der Waals surface area (Å²) in [5.74, 6) is 1.42. The molecule has 0 saturated heterocycles. The van der Waals surface area contributed by atoms with Gasteiger partial charge in [-0.1, -0.05) is 38.0 Å². The van der Waals surface area contributed by atoms with Gasteiger partial charge in [0, 0.05) is 11.9 Å². The second kappa shape index (κ2) is 5.83. The number of aromatic nitrogens is 3. The molecule has 0 aliphatic heterocycles. The first-order valence-electron chi connectivity index (χ1n) is 7.33. The predicted octanol–water partition coefficient (Wildman–Crippen LogP) is 4.42. The van der Waals surface area contributed by atoms with Crippen molar-refractivity contribution in [2.24, 2.45) is 0 Å². The minimum absolute atomic E-state index is 0.604. The van der Waals surface area contributed by atoms with Crippen molar-refractivity contribution in [3.63, 3.8) is 0 Å². The molecule has 1 saturated carbocycles. The molecular weight excluding hydrogens is 266 g/mol. The van der Waals surface area contributed by atoms with Crippen molar-refractivity contribution in [2.75, 3.05) is 0 Å². The molecule has 0 unspecified atom stereocenters. The molecule has 1 fully saturated rings. The molecule has 104 valence electrons. The number of hydrogen-bond donors (Lipinski definition) is 1. The molecule has 20 heavy (non-hydrogen) atoms. The van der Waals surface area contributed by atoms with E-state index in [1.54, 1.807) is 0 Å². The molecule has 2 heterocycles. The van der Waals surface area contributed by atoms with Crippen molar-refractivity contribution in [2.45, 2.75) is 44.9 Å². The second-order valence-corrected chi connectivity index (χ2v) is 5.79. The van der Waals surface area contributed by atoms with Gasteiger partial charge < -0.3 is 4.98 Å². The van der Waals surface area contributed by atoms with Gasteiger partial charge in [-0.25, -0.2) is 4.98 Å². The normalized spacial score (nSPS) is 15.7. The van der Waals surface area contributed by atoms with Gasteiger partial charge in [0.2, 0.25) is 0 Å². The van der Waals surface area contributed by atoms with Crippen LogP contribution in [0.15, 0.2) is 24.4 Å². The lowest BCUT2D eigenvalue weighted by Crippen LogP contribution is -2.03. The molecule has 1 N–H and O–H groups in total. The van der Waals surface area contributed by atoms with Gasteiger partial charge in [0.05, 0.1) is 0 Å². The van der Waals surface area contributed by atoms with E-state index in [2.05, 4.69) is 27.9 Å². The van der Waals surface area contributed by atoms with E-state index in [-0.39, 0.29) is 0 Å². The third-order valence-corrected chi connectivity index (χ3v) is 4.26. The summed E-state index contributed by atoms with van der Waals surface area (Å²) in [6.07, 6.45) is 7.88. The Morgan fingerprint density at radius 3 is 2.90 bits per heavy atom. The maximum Gasteiger partial charge on any atom is 0.158 e. The van der Waals surface area contributed by atoms with Crippen molar-refractivity contribution in [1.29, 1.82) is 0 Å². The number of aromatic amines is 1. The van der Waals surface area contributed by atoms with E-state index in [1.807, 2.05) is 18.3 Å². The maximum absolute atomic E-state index is 5.34. The van der Waals surface area contributed by atoms with E-state index < -0.39 is 0 Å². The number of nitrogens with one attached hydrogen (secondary N) is 1. The van der Waals surface area contributed by atoms with Crippen LogP contribution in [0.2, 0.25) is 0 Å². The van der Waals surface area contributed by atoms with Crippen LogP contribution in [0.5, 0.6) is 0 Å². The number of hydrogen-bond acceptors (Lipinski definition) is 3. The molecule has 1 aliphatic carbocycles. The van der Waals surface area contributed by atoms with E-state index in [1.165, 1.54) is 36.9 Å². The number of rotatable bonds is 3. The van der Waals surface area contributed by atoms with Crippen LogP contribution in [0.25, 0.3) is 11.5 Å². The predicted molar refractivity (Wildman–Crippen MR) is 83.2 cm³/mol. The smallest absolute Gasteiger partial charge is 0.158 e. The summed E-state index contributed by atoms with van der Waals surface area (Å²) in [6.45, 7) is 2.13. The zero-order valence-corrected chi connectivity index (χ0v) is 12.5. The first-order valence-corrected chi connectivity index (χ1v) is 7.74. The summed E-state index contributed by atoms with van der Waals surface area (Å²) in [5.41, 5.74) is 3.36. The third-order valence-electron chi connectivity index (χ3n) is 4.06. The van der Waals surface area contributed by atoms with Crippen molar-refractivity contribution in [3.05, 3.63) is 40.3 Å². The molecule has 2 aromatic rings. The molecule has 3 rings (SSSR count). The number of H-pyrrole nitrogens is 1. The van der Waals surface area contributed by atoms with Gasteiger partial charge in [0.1, 0.15) is 10.3 Å². The Bertz CT molecular complexity index is 657. The summed E-state index contributed by atoms with van der Waals surface area (Å²) in [5, 5.41) is 0. The van der Waals surface area contributed by atoms with Crippen LogP contribution >= 0.6 is 12.2 Å². The van der Waals surface area contributed by atoms with Crippen molar-refractivity contribution in [3.8, 4) is 11.5 Å². The third kappa shape index (κ3) is 2.66. The van der Waals surface area contributed by atoms with Crippen LogP contribution in [-0.2, 0) is 6.42 Å². The van der Waals surface area contributed by atoms with Gasteiger partial charge >= 0.3 is 0 Å². The highest BCUT2D eigenvalue weighted by molar-refractivity contribution is 7.71.